The summed E-state index contributed by atoms with van der Waals surface area (Å²) in [5, 5.41) is 3.15. The summed E-state index contributed by atoms with van der Waals surface area (Å²) < 4.78 is 10.9. The number of hydrogen-bond acceptors (Lipinski definition) is 6. The Bertz CT molecular complexity index is 762. The summed E-state index contributed by atoms with van der Waals surface area (Å²) in [6.45, 7) is 3.74. The minimum Gasteiger partial charge on any atom is -0.454 e. The highest BCUT2D eigenvalue weighted by Crippen LogP contribution is 2.40. The molecule has 0 radical (unpaired) electrons. The van der Waals surface area contributed by atoms with Gasteiger partial charge in [-0.3, -0.25) is 4.79 Å². The van der Waals surface area contributed by atoms with Crippen LogP contribution in [0.2, 0.25) is 0 Å². The fourth-order valence-corrected chi connectivity index (χ4v) is 4.78. The van der Waals surface area contributed by atoms with Crippen LogP contribution in [0, 0.1) is 6.92 Å². The van der Waals surface area contributed by atoms with Crippen LogP contribution >= 0.6 is 23.1 Å². The molecule has 1 atom stereocenters. The van der Waals surface area contributed by atoms with Crippen molar-refractivity contribution in [2.24, 2.45) is 0 Å². The third kappa shape index (κ3) is 3.10. The lowest BCUT2D eigenvalue weighted by molar-refractivity contribution is 0.0761. The number of aryl methyl sites for hydroxylation is 1. The standard InChI is InChI=1S/C17H18N2O3S2/c1-11-18-13(9-24-11)17(20)19-5-4-16(23-7-6-19)12-2-3-14-15(8-12)22-10-21-14/h2-3,8-9,16H,4-7,10H2,1H3. The Balaban J connectivity index is 1.45. The van der Waals surface area contributed by atoms with Crippen LogP contribution in [0.25, 0.3) is 0 Å². The quantitative estimate of drug-likeness (QED) is 0.818. The van der Waals surface area contributed by atoms with Crippen LogP contribution in [-0.4, -0.2) is 41.4 Å². The number of thioether (sulfide) groups is 1. The van der Waals surface area contributed by atoms with Gasteiger partial charge in [-0.25, -0.2) is 4.98 Å². The number of fused-ring (bicyclic) bond motifs is 1. The van der Waals surface area contributed by atoms with Crippen LogP contribution in [-0.2, 0) is 0 Å². The highest BCUT2D eigenvalue weighted by molar-refractivity contribution is 7.99. The molecule has 7 heteroatoms. The Morgan fingerprint density at radius 1 is 1.29 bits per heavy atom. The van der Waals surface area contributed by atoms with Crippen molar-refractivity contribution in [3.63, 3.8) is 0 Å². The van der Waals surface area contributed by atoms with Gasteiger partial charge >= 0.3 is 0 Å². The molecule has 4 rings (SSSR count). The second-order valence-corrected chi connectivity index (χ2v) is 8.18. The van der Waals surface area contributed by atoms with E-state index in [1.165, 1.54) is 16.9 Å². The SMILES string of the molecule is Cc1nc(C(=O)N2CCSC(c3ccc4c(c3)OCO4)CC2)cs1. The van der Waals surface area contributed by atoms with Gasteiger partial charge in [-0.1, -0.05) is 6.07 Å². The summed E-state index contributed by atoms with van der Waals surface area (Å²) in [4.78, 5) is 18.8. The molecule has 0 bridgehead atoms. The maximum Gasteiger partial charge on any atom is 0.273 e. The van der Waals surface area contributed by atoms with Crippen LogP contribution in [0.4, 0.5) is 0 Å². The second-order valence-electron chi connectivity index (χ2n) is 5.80. The predicted octanol–water partition coefficient (Wildman–Crippen LogP) is 3.50. The zero-order valence-corrected chi connectivity index (χ0v) is 15.0. The smallest absolute Gasteiger partial charge is 0.273 e. The minimum atomic E-state index is 0.0475. The van der Waals surface area contributed by atoms with Crippen molar-refractivity contribution in [1.29, 1.82) is 0 Å². The summed E-state index contributed by atoms with van der Waals surface area (Å²) in [5.41, 5.74) is 1.81. The van der Waals surface area contributed by atoms with E-state index in [1.54, 1.807) is 0 Å². The first-order valence-electron chi connectivity index (χ1n) is 7.93. The van der Waals surface area contributed by atoms with Crippen LogP contribution in [0.15, 0.2) is 23.6 Å². The maximum absolute atomic E-state index is 12.6. The molecule has 5 nitrogen and oxygen atoms in total. The van der Waals surface area contributed by atoms with Crippen LogP contribution in [0.5, 0.6) is 11.5 Å². The van der Waals surface area contributed by atoms with Gasteiger partial charge in [0.05, 0.1) is 5.01 Å². The molecule has 0 saturated carbocycles. The van der Waals surface area contributed by atoms with Crippen LogP contribution < -0.4 is 9.47 Å². The molecule has 1 fully saturated rings. The monoisotopic (exact) mass is 362 g/mol. The van der Waals surface area contributed by atoms with Crippen LogP contribution in [0.3, 0.4) is 0 Å². The number of nitrogens with zero attached hydrogens (tertiary/aromatic N) is 2. The fourth-order valence-electron chi connectivity index (χ4n) is 2.98. The number of hydrogen-bond donors (Lipinski definition) is 0. The summed E-state index contributed by atoms with van der Waals surface area (Å²) in [6, 6.07) is 6.15. The van der Waals surface area contributed by atoms with E-state index in [2.05, 4.69) is 17.1 Å². The Labute approximate surface area is 149 Å². The molecule has 126 valence electrons. The van der Waals surface area contributed by atoms with Crippen molar-refractivity contribution in [2.45, 2.75) is 18.6 Å². The molecular weight excluding hydrogens is 344 g/mol. The van der Waals surface area contributed by atoms with E-state index in [9.17, 15) is 4.79 Å². The number of rotatable bonds is 2. The minimum absolute atomic E-state index is 0.0475. The highest BCUT2D eigenvalue weighted by Gasteiger charge is 2.25. The fraction of sp³-hybridized carbons (Fsp3) is 0.412. The van der Waals surface area contributed by atoms with Crippen molar-refractivity contribution in [3.05, 3.63) is 39.8 Å². The molecule has 1 saturated heterocycles. The molecule has 0 aliphatic carbocycles. The number of aromatic nitrogens is 1. The first kappa shape index (κ1) is 15.8. The number of amides is 1. The molecule has 0 N–H and O–H groups in total. The molecule has 1 unspecified atom stereocenters. The van der Waals surface area contributed by atoms with Gasteiger partial charge in [-0.05, 0) is 31.0 Å². The van der Waals surface area contributed by atoms with Crippen molar-refractivity contribution >= 4 is 29.0 Å². The molecule has 1 amide bonds. The number of carbonyl (C=O) groups excluding carboxylic acids is 1. The number of benzene rings is 1. The Kier molecular flexibility index (Phi) is 4.37. The van der Waals surface area contributed by atoms with Crippen molar-refractivity contribution in [3.8, 4) is 11.5 Å². The lowest BCUT2D eigenvalue weighted by atomic mass is 10.1. The molecule has 24 heavy (non-hydrogen) atoms. The van der Waals surface area contributed by atoms with Gasteiger partial charge in [-0.2, -0.15) is 11.8 Å². The number of ether oxygens (including phenoxy) is 2. The summed E-state index contributed by atoms with van der Waals surface area (Å²) in [7, 11) is 0. The van der Waals surface area contributed by atoms with Gasteiger partial charge < -0.3 is 14.4 Å². The third-order valence-electron chi connectivity index (χ3n) is 4.24. The molecule has 3 heterocycles. The molecule has 2 aliphatic rings. The zero-order valence-electron chi connectivity index (χ0n) is 13.4. The molecule has 2 aliphatic heterocycles. The molecule has 1 aromatic heterocycles. The molecule has 2 aromatic rings. The van der Waals surface area contributed by atoms with Gasteiger partial charge in [-0.15, -0.1) is 11.3 Å². The van der Waals surface area contributed by atoms with Gasteiger partial charge in [0, 0.05) is 29.5 Å². The van der Waals surface area contributed by atoms with E-state index in [0.29, 0.717) is 17.7 Å². The Morgan fingerprint density at radius 3 is 3.00 bits per heavy atom. The first-order valence-corrected chi connectivity index (χ1v) is 9.86. The topological polar surface area (TPSA) is 51.7 Å². The van der Waals surface area contributed by atoms with Gasteiger partial charge in [0.25, 0.3) is 5.91 Å². The summed E-state index contributed by atoms with van der Waals surface area (Å²) >= 11 is 3.42. The van der Waals surface area contributed by atoms with E-state index < -0.39 is 0 Å². The van der Waals surface area contributed by atoms with Crippen molar-refractivity contribution in [2.75, 3.05) is 25.6 Å². The van der Waals surface area contributed by atoms with Gasteiger partial charge in [0.15, 0.2) is 11.5 Å². The van der Waals surface area contributed by atoms with E-state index in [0.717, 1.165) is 41.8 Å². The number of thiazole rings is 1. The molecule has 1 aromatic carbocycles. The van der Waals surface area contributed by atoms with Crippen LogP contribution in [0.1, 0.15) is 32.7 Å². The maximum atomic E-state index is 12.6. The second kappa shape index (κ2) is 6.64. The molecular formula is C17H18N2O3S2. The predicted molar refractivity (Wildman–Crippen MR) is 95.1 cm³/mol. The van der Waals surface area contributed by atoms with Gasteiger partial charge in [0.2, 0.25) is 6.79 Å². The lowest BCUT2D eigenvalue weighted by Gasteiger charge is -2.19. The summed E-state index contributed by atoms with van der Waals surface area (Å²) in [6.07, 6.45) is 0.930. The average Bonchev–Trinajstić information content (AvgIpc) is 3.16. The Hall–Kier alpha value is -1.73. The van der Waals surface area contributed by atoms with Gasteiger partial charge in [0.1, 0.15) is 5.69 Å². The average molecular weight is 362 g/mol. The normalized spacial score (nSPS) is 20.0. The highest BCUT2D eigenvalue weighted by atomic mass is 32.2. The van der Waals surface area contributed by atoms with Crippen molar-refractivity contribution in [1.82, 2.24) is 9.88 Å². The first-order chi connectivity index (χ1) is 11.7. The summed E-state index contributed by atoms with van der Waals surface area (Å²) in [5.74, 6) is 2.61. The molecule has 0 spiro atoms. The van der Waals surface area contributed by atoms with E-state index in [4.69, 9.17) is 9.47 Å². The van der Waals surface area contributed by atoms with E-state index >= 15 is 0 Å². The Morgan fingerprint density at radius 2 is 2.17 bits per heavy atom. The van der Waals surface area contributed by atoms with E-state index in [1.807, 2.05) is 35.0 Å². The number of carbonyl (C=O) groups is 1. The largest absolute Gasteiger partial charge is 0.454 e. The van der Waals surface area contributed by atoms with Crippen molar-refractivity contribution < 1.29 is 14.3 Å². The zero-order chi connectivity index (χ0) is 16.5. The lowest BCUT2D eigenvalue weighted by Crippen LogP contribution is -2.33. The van der Waals surface area contributed by atoms with E-state index in [-0.39, 0.29) is 5.91 Å². The third-order valence-corrected chi connectivity index (χ3v) is 6.34.